The van der Waals surface area contributed by atoms with E-state index in [2.05, 4.69) is 20.3 Å². The molecule has 0 fully saturated rings. The van der Waals surface area contributed by atoms with E-state index >= 15 is 0 Å². The van der Waals surface area contributed by atoms with Crippen molar-refractivity contribution >= 4 is 56.9 Å². The second kappa shape index (κ2) is 8.92. The number of hydrogen-bond donors (Lipinski definition) is 3. The highest BCUT2D eigenvalue weighted by molar-refractivity contribution is 7.19. The molecule has 0 bridgehead atoms. The maximum Gasteiger partial charge on any atom is 0.283 e. The molecule has 0 unspecified atom stereocenters. The van der Waals surface area contributed by atoms with Gasteiger partial charge in [0.1, 0.15) is 22.4 Å². The normalized spacial score (nSPS) is 10.6. The second-order valence-electron chi connectivity index (χ2n) is 6.80. The number of thiazole rings is 1. The topological polar surface area (TPSA) is 150 Å². The molecule has 2 amide bonds. The van der Waals surface area contributed by atoms with Gasteiger partial charge in [0.25, 0.3) is 5.91 Å². The molecule has 0 spiro atoms. The van der Waals surface area contributed by atoms with Crippen LogP contribution in [0, 0.1) is 5.41 Å². The van der Waals surface area contributed by atoms with Crippen LogP contribution in [-0.2, 0) is 4.79 Å². The van der Waals surface area contributed by atoms with E-state index in [1.54, 1.807) is 33.3 Å². The number of amides is 2. The van der Waals surface area contributed by atoms with E-state index < -0.39 is 0 Å². The van der Waals surface area contributed by atoms with Crippen LogP contribution in [0.3, 0.4) is 0 Å². The fraction of sp³-hybridized carbons (Fsp3) is 0.263. The molecule has 1 aromatic carbocycles. The van der Waals surface area contributed by atoms with Crippen LogP contribution in [0.15, 0.2) is 18.5 Å². The monoisotopic (exact) mass is 442 g/mol. The lowest BCUT2D eigenvalue weighted by Crippen LogP contribution is -2.37. The molecule has 0 atom stereocenters. The van der Waals surface area contributed by atoms with Crippen LogP contribution >= 0.6 is 11.3 Å². The maximum absolute atomic E-state index is 12.7. The van der Waals surface area contributed by atoms with E-state index in [-0.39, 0.29) is 23.4 Å². The van der Waals surface area contributed by atoms with Crippen molar-refractivity contribution in [3.8, 4) is 5.75 Å². The highest BCUT2D eigenvalue weighted by Gasteiger charge is 2.22. The Bertz CT molecular complexity index is 1160. The van der Waals surface area contributed by atoms with Crippen LogP contribution in [-0.4, -0.2) is 77.6 Å². The molecule has 0 aliphatic carbocycles. The van der Waals surface area contributed by atoms with Gasteiger partial charge in [0, 0.05) is 44.7 Å². The first-order chi connectivity index (χ1) is 14.7. The van der Waals surface area contributed by atoms with Gasteiger partial charge in [-0.2, -0.15) is 0 Å². The van der Waals surface area contributed by atoms with Crippen LogP contribution in [0.25, 0.3) is 10.3 Å². The van der Waals surface area contributed by atoms with Crippen molar-refractivity contribution in [1.82, 2.24) is 24.8 Å². The number of nitrogens with two attached hydrogens (primary N) is 1. The zero-order valence-corrected chi connectivity index (χ0v) is 18.3. The number of hydrogen-bond acceptors (Lipinski definition) is 10. The number of ether oxygens (including phenoxy) is 1. The van der Waals surface area contributed by atoms with Gasteiger partial charge >= 0.3 is 0 Å². The molecule has 11 nitrogen and oxygen atoms in total. The number of nitrogen functional groups attached to an aromatic ring is 1. The number of benzene rings is 1. The molecule has 3 rings (SSSR count). The largest absolute Gasteiger partial charge is 0.494 e. The molecule has 3 aromatic rings. The number of carbonyl (C=O) groups excluding carboxylic acids is 2. The number of nitrogens with one attached hydrogen (secondary N) is 2. The van der Waals surface area contributed by atoms with Gasteiger partial charge in [0.2, 0.25) is 5.91 Å². The number of anilines is 3. The summed E-state index contributed by atoms with van der Waals surface area (Å²) in [5.41, 5.74) is 7.76. The summed E-state index contributed by atoms with van der Waals surface area (Å²) in [7, 11) is 6.30. The lowest BCUT2D eigenvalue weighted by molar-refractivity contribution is -0.129. The number of fused-ring (bicyclic) bond motifs is 1. The van der Waals surface area contributed by atoms with Crippen molar-refractivity contribution in [2.75, 3.05) is 45.8 Å². The van der Waals surface area contributed by atoms with E-state index in [9.17, 15) is 9.59 Å². The molecule has 31 heavy (non-hydrogen) atoms. The Hall–Kier alpha value is -3.80. The van der Waals surface area contributed by atoms with Crippen molar-refractivity contribution in [1.29, 1.82) is 5.41 Å². The Balaban J connectivity index is 1.94. The summed E-state index contributed by atoms with van der Waals surface area (Å²) in [6.45, 7) is -0.0619. The fourth-order valence-electron chi connectivity index (χ4n) is 2.65. The average Bonchev–Trinajstić information content (AvgIpc) is 3.19. The third kappa shape index (κ3) is 4.53. The summed E-state index contributed by atoms with van der Waals surface area (Å²) in [6, 6.07) is 3.27. The van der Waals surface area contributed by atoms with E-state index in [1.165, 1.54) is 23.2 Å². The Kier molecular flexibility index (Phi) is 6.30. The molecule has 0 saturated carbocycles. The zero-order valence-electron chi connectivity index (χ0n) is 17.5. The molecular weight excluding hydrogens is 420 g/mol. The van der Waals surface area contributed by atoms with Crippen LogP contribution in [0.1, 0.15) is 15.4 Å². The molecule has 4 N–H and O–H groups in total. The Labute approximate surface area is 182 Å². The van der Waals surface area contributed by atoms with E-state index in [4.69, 9.17) is 15.9 Å². The summed E-state index contributed by atoms with van der Waals surface area (Å²) in [6.07, 6.45) is 2.50. The predicted octanol–water partition coefficient (Wildman–Crippen LogP) is 1.58. The van der Waals surface area contributed by atoms with Crippen LogP contribution in [0.5, 0.6) is 5.75 Å². The smallest absolute Gasteiger partial charge is 0.283 e. The van der Waals surface area contributed by atoms with Crippen molar-refractivity contribution in [2.45, 2.75) is 0 Å². The molecule has 0 aliphatic heterocycles. The van der Waals surface area contributed by atoms with Crippen LogP contribution in [0.2, 0.25) is 0 Å². The number of methoxy groups -OCH3 is 1. The highest BCUT2D eigenvalue weighted by Crippen LogP contribution is 2.34. The SMILES string of the molecule is COc1cc(N)c(C=N)cc1Nc1ncnc2sc(C(=O)N(C)CC(=O)N(C)C)nc12. The zero-order chi connectivity index (χ0) is 22.7. The summed E-state index contributed by atoms with van der Waals surface area (Å²) in [5.74, 6) is 0.242. The molecule has 0 aliphatic rings. The van der Waals surface area contributed by atoms with E-state index in [0.29, 0.717) is 38.9 Å². The molecule has 0 saturated heterocycles. The molecule has 2 aromatic heterocycles. The van der Waals surface area contributed by atoms with Crippen LogP contribution < -0.4 is 15.8 Å². The molecule has 12 heteroatoms. The van der Waals surface area contributed by atoms with Gasteiger partial charge in [-0.3, -0.25) is 9.59 Å². The van der Waals surface area contributed by atoms with Crippen molar-refractivity contribution in [2.24, 2.45) is 0 Å². The number of carbonyl (C=O) groups is 2. The van der Waals surface area contributed by atoms with Gasteiger partial charge in [0.05, 0.1) is 19.3 Å². The summed E-state index contributed by atoms with van der Waals surface area (Å²) in [4.78, 5) is 40.7. The van der Waals surface area contributed by atoms with Gasteiger partial charge in [-0.05, 0) is 6.07 Å². The first kappa shape index (κ1) is 21.9. The van der Waals surface area contributed by atoms with Gasteiger partial charge in [-0.1, -0.05) is 11.3 Å². The summed E-state index contributed by atoms with van der Waals surface area (Å²) in [5, 5.41) is 10.8. The maximum atomic E-state index is 12.7. The number of rotatable bonds is 7. The van der Waals surface area contributed by atoms with Crippen LogP contribution in [0.4, 0.5) is 17.2 Å². The number of likely N-dealkylation sites (N-methyl/N-ethyl adjacent to an activating group) is 2. The lowest BCUT2D eigenvalue weighted by atomic mass is 10.1. The van der Waals surface area contributed by atoms with E-state index in [1.807, 2.05) is 0 Å². The molecule has 0 radical (unpaired) electrons. The Morgan fingerprint density at radius 3 is 2.68 bits per heavy atom. The summed E-state index contributed by atoms with van der Waals surface area (Å²) < 4.78 is 5.37. The van der Waals surface area contributed by atoms with Crippen molar-refractivity contribution in [3.63, 3.8) is 0 Å². The number of nitrogens with zero attached hydrogens (tertiary/aromatic N) is 5. The van der Waals surface area contributed by atoms with E-state index in [0.717, 1.165) is 17.6 Å². The van der Waals surface area contributed by atoms with Gasteiger partial charge in [-0.15, -0.1) is 0 Å². The molecule has 162 valence electrons. The van der Waals surface area contributed by atoms with Crippen molar-refractivity contribution < 1.29 is 14.3 Å². The Morgan fingerprint density at radius 2 is 2.03 bits per heavy atom. The van der Waals surface area contributed by atoms with Gasteiger partial charge in [-0.25, -0.2) is 15.0 Å². The first-order valence-electron chi connectivity index (χ1n) is 9.07. The fourth-order valence-corrected chi connectivity index (χ4v) is 3.55. The summed E-state index contributed by atoms with van der Waals surface area (Å²) >= 11 is 1.11. The quantitative estimate of drug-likeness (QED) is 0.369. The standard InChI is InChI=1S/C19H22N8O3S/c1-26(2)14(28)8-27(3)19(29)18-25-15-16(22-9-23-17(15)31-18)24-12-5-10(7-20)11(21)6-13(12)30-4/h5-7,9,20H,8,21H2,1-4H3,(H,22,23,24). The number of aromatic nitrogens is 3. The predicted molar refractivity (Wildman–Crippen MR) is 119 cm³/mol. The second-order valence-corrected chi connectivity index (χ2v) is 7.77. The lowest BCUT2D eigenvalue weighted by Gasteiger charge is -2.17. The minimum atomic E-state index is -0.389. The Morgan fingerprint density at radius 1 is 1.29 bits per heavy atom. The first-order valence-corrected chi connectivity index (χ1v) is 9.89. The average molecular weight is 443 g/mol. The van der Waals surface area contributed by atoms with Gasteiger partial charge in [0.15, 0.2) is 10.8 Å². The third-order valence-electron chi connectivity index (χ3n) is 4.41. The highest BCUT2D eigenvalue weighted by atomic mass is 32.1. The molecular formula is C19H22N8O3S. The van der Waals surface area contributed by atoms with Crippen molar-refractivity contribution in [3.05, 3.63) is 29.0 Å². The molecule has 2 heterocycles. The minimum Gasteiger partial charge on any atom is -0.494 e. The van der Waals surface area contributed by atoms with Gasteiger partial charge < -0.3 is 31.0 Å². The third-order valence-corrected chi connectivity index (χ3v) is 5.36. The minimum absolute atomic E-state index is 0.0619.